The fourth-order valence-corrected chi connectivity index (χ4v) is 3.65. The fraction of sp³-hybridized carbons (Fsp3) is 0.500. The molecule has 0 radical (unpaired) electrons. The molecule has 1 heterocycles. The number of hydrogen-bond acceptors (Lipinski definition) is 5. The summed E-state index contributed by atoms with van der Waals surface area (Å²) in [4.78, 5) is 3.97. The molecule has 0 aromatic heterocycles. The van der Waals surface area contributed by atoms with Crippen molar-refractivity contribution in [3.05, 3.63) is 33.7 Å². The van der Waals surface area contributed by atoms with Crippen LogP contribution in [0.2, 0.25) is 0 Å². The molecule has 9 heteroatoms. The van der Waals surface area contributed by atoms with Crippen molar-refractivity contribution < 1.29 is 25.9 Å². The Hall–Kier alpha value is -1.47. The number of unbranched alkanes of at least 4 members (excludes halogenated alkanes) is 1. The number of rotatable bonds is 6. The monoisotopic (exact) mass is 359 g/mol. The Morgan fingerprint density at radius 2 is 1.83 bits per heavy atom. The Bertz CT molecular complexity index is 910. The van der Waals surface area contributed by atoms with Crippen LogP contribution in [0, 0.1) is 5.41 Å². The third-order valence-corrected chi connectivity index (χ3v) is 5.69. The van der Waals surface area contributed by atoms with Gasteiger partial charge in [0.05, 0.1) is 5.75 Å². The van der Waals surface area contributed by atoms with Gasteiger partial charge in [-0.3, -0.25) is 9.11 Å². The topological polar surface area (TPSA) is 121 Å². The quantitative estimate of drug-likeness (QED) is 0.424. The summed E-state index contributed by atoms with van der Waals surface area (Å²) in [5, 5.41) is 0. The average Bonchev–Trinajstić information content (AvgIpc) is 2.65. The molecular weight excluding hydrogens is 342 g/mol. The molecule has 7 nitrogen and oxygen atoms in total. The lowest BCUT2D eigenvalue weighted by atomic mass is 9.75. The van der Waals surface area contributed by atoms with E-state index in [1.165, 1.54) is 6.08 Å². The Labute approximate surface area is 135 Å². The standard InChI is InChI=1S/C14H17NO6S2/c1-10-14(2,7-3-4-8-22(16,17)18)12-9-11(23(19,20)21)5-6-13(12)15-10/h9H,3-4,7-8H2,1-2H3,(H,16,17,18)(H,19,20,21). The highest BCUT2D eigenvalue weighted by molar-refractivity contribution is 7.90. The molecule has 0 saturated heterocycles. The second-order valence-corrected chi connectivity index (χ2v) is 8.73. The van der Waals surface area contributed by atoms with Gasteiger partial charge in [-0.25, -0.2) is 4.99 Å². The fourth-order valence-electron chi connectivity index (χ4n) is 2.64. The maximum absolute atomic E-state index is 11.3. The third kappa shape index (κ3) is 3.90. The molecule has 1 unspecified atom stereocenters. The van der Waals surface area contributed by atoms with E-state index in [0.29, 0.717) is 24.1 Å². The zero-order chi connectivity index (χ0) is 17.5. The van der Waals surface area contributed by atoms with Crippen molar-refractivity contribution in [1.29, 1.82) is 0 Å². The molecule has 0 fully saturated rings. The number of hydrogen-bond donors (Lipinski definition) is 2. The molecule has 0 aromatic rings. The second kappa shape index (κ2) is 5.87. The van der Waals surface area contributed by atoms with Crippen LogP contribution in [0.5, 0.6) is 0 Å². The van der Waals surface area contributed by atoms with Crippen LogP contribution in [0.15, 0.2) is 38.7 Å². The minimum atomic E-state index is -4.39. The predicted molar refractivity (Wildman–Crippen MR) is 85.2 cm³/mol. The van der Waals surface area contributed by atoms with Crippen LogP contribution < -0.4 is 0 Å². The zero-order valence-electron chi connectivity index (χ0n) is 12.7. The minimum absolute atomic E-state index is 0.283. The predicted octanol–water partition coefficient (Wildman–Crippen LogP) is 1.87. The van der Waals surface area contributed by atoms with E-state index in [4.69, 9.17) is 9.11 Å². The van der Waals surface area contributed by atoms with Crippen LogP contribution in [-0.2, 0) is 20.2 Å². The highest BCUT2D eigenvalue weighted by Gasteiger charge is 2.40. The van der Waals surface area contributed by atoms with E-state index in [-0.39, 0.29) is 17.1 Å². The molecule has 2 N–H and O–H groups in total. The average molecular weight is 359 g/mol. The first kappa shape index (κ1) is 17.9. The van der Waals surface area contributed by atoms with Crippen molar-refractivity contribution >= 4 is 25.9 Å². The van der Waals surface area contributed by atoms with Crippen LogP contribution in [0.1, 0.15) is 33.1 Å². The summed E-state index contributed by atoms with van der Waals surface area (Å²) in [5.74, 6) is -0.322. The van der Waals surface area contributed by atoms with E-state index in [2.05, 4.69) is 16.5 Å². The second-order valence-electron chi connectivity index (χ2n) is 5.77. The van der Waals surface area contributed by atoms with Crippen LogP contribution in [0.3, 0.4) is 0 Å². The number of nitrogens with zero attached hydrogens (tertiary/aromatic N) is 1. The molecule has 1 aliphatic heterocycles. The lowest BCUT2D eigenvalue weighted by Gasteiger charge is -2.27. The molecule has 2 aliphatic rings. The van der Waals surface area contributed by atoms with Gasteiger partial charge in [-0.05, 0) is 42.9 Å². The SMILES string of the molecule is CC1=NC2=C=C=C(S(=O)(=O)O)C=C2C1(C)CCCCS(=O)(=O)O. The Kier molecular flexibility index (Phi) is 4.56. The van der Waals surface area contributed by atoms with E-state index in [0.717, 1.165) is 5.71 Å². The molecule has 0 bridgehead atoms. The van der Waals surface area contributed by atoms with Gasteiger partial charge in [0.15, 0.2) is 0 Å². The first-order valence-electron chi connectivity index (χ1n) is 6.90. The van der Waals surface area contributed by atoms with Crippen molar-refractivity contribution in [2.75, 3.05) is 5.75 Å². The largest absolute Gasteiger partial charge is 0.302 e. The van der Waals surface area contributed by atoms with Gasteiger partial charge in [0.2, 0.25) is 0 Å². The van der Waals surface area contributed by atoms with Crippen LogP contribution in [0.25, 0.3) is 0 Å². The summed E-state index contributed by atoms with van der Waals surface area (Å²) in [6, 6.07) is 0. The molecule has 1 atom stereocenters. The molecule has 0 spiro atoms. The summed E-state index contributed by atoms with van der Waals surface area (Å²) in [5.41, 5.74) is 6.24. The third-order valence-electron chi connectivity index (χ3n) is 4.11. The van der Waals surface area contributed by atoms with Crippen molar-refractivity contribution in [1.82, 2.24) is 0 Å². The molecule has 126 valence electrons. The minimum Gasteiger partial charge on any atom is -0.286 e. The number of allylic oxidation sites excluding steroid dienone is 2. The zero-order valence-corrected chi connectivity index (χ0v) is 14.3. The number of fused-ring (bicyclic) bond motifs is 1. The molecule has 2 rings (SSSR count). The van der Waals surface area contributed by atoms with E-state index in [9.17, 15) is 16.8 Å². The van der Waals surface area contributed by atoms with Crippen LogP contribution in [0.4, 0.5) is 0 Å². The van der Waals surface area contributed by atoms with E-state index in [1.807, 2.05) is 6.92 Å². The van der Waals surface area contributed by atoms with Gasteiger partial charge < -0.3 is 0 Å². The van der Waals surface area contributed by atoms with Crippen molar-refractivity contribution in [3.63, 3.8) is 0 Å². The smallest absolute Gasteiger partial charge is 0.286 e. The maximum atomic E-state index is 11.3. The van der Waals surface area contributed by atoms with Gasteiger partial charge in [-0.1, -0.05) is 13.3 Å². The van der Waals surface area contributed by atoms with Crippen LogP contribution in [-0.4, -0.2) is 37.4 Å². The highest BCUT2D eigenvalue weighted by Crippen LogP contribution is 2.45. The molecule has 23 heavy (non-hydrogen) atoms. The summed E-state index contributed by atoms with van der Waals surface area (Å²) < 4.78 is 61.9. The van der Waals surface area contributed by atoms with E-state index >= 15 is 0 Å². The summed E-state index contributed by atoms with van der Waals surface area (Å²) in [6.45, 7) is 3.66. The van der Waals surface area contributed by atoms with Gasteiger partial charge in [-0.2, -0.15) is 16.8 Å². The summed E-state index contributed by atoms with van der Waals surface area (Å²) >= 11 is 0. The van der Waals surface area contributed by atoms with E-state index < -0.39 is 25.7 Å². The van der Waals surface area contributed by atoms with E-state index in [1.54, 1.807) is 6.92 Å². The summed E-state index contributed by atoms with van der Waals surface area (Å²) in [6.07, 6.45) is 2.63. The van der Waals surface area contributed by atoms with Gasteiger partial charge in [0.25, 0.3) is 10.1 Å². The van der Waals surface area contributed by atoms with Gasteiger partial charge in [0, 0.05) is 11.1 Å². The van der Waals surface area contributed by atoms with Gasteiger partial charge >= 0.3 is 10.1 Å². The molecule has 0 amide bonds. The molecular formula is C14H17NO6S2. The molecule has 0 saturated carbocycles. The number of aliphatic imine (C=N–C) groups is 1. The maximum Gasteiger partial charge on any atom is 0.302 e. The van der Waals surface area contributed by atoms with Gasteiger partial charge in [0.1, 0.15) is 10.6 Å². The first-order chi connectivity index (χ1) is 10.4. The van der Waals surface area contributed by atoms with Crippen molar-refractivity contribution in [3.8, 4) is 0 Å². The van der Waals surface area contributed by atoms with Crippen LogP contribution >= 0.6 is 0 Å². The highest BCUT2D eigenvalue weighted by atomic mass is 32.2. The lowest BCUT2D eigenvalue weighted by Crippen LogP contribution is -2.25. The van der Waals surface area contributed by atoms with Gasteiger partial charge in [-0.15, -0.1) is 0 Å². The summed E-state index contributed by atoms with van der Waals surface area (Å²) in [7, 11) is -8.38. The Morgan fingerprint density at radius 1 is 1.17 bits per heavy atom. The molecule has 1 aliphatic carbocycles. The normalized spacial score (nSPS) is 23.8. The Balaban J connectivity index is 2.25. The van der Waals surface area contributed by atoms with Crippen molar-refractivity contribution in [2.24, 2.45) is 10.4 Å². The van der Waals surface area contributed by atoms with Crippen molar-refractivity contribution in [2.45, 2.75) is 33.1 Å². The first-order valence-corrected chi connectivity index (χ1v) is 9.95. The Morgan fingerprint density at radius 3 is 2.39 bits per heavy atom. The lowest BCUT2D eigenvalue weighted by molar-refractivity contribution is 0.466. The molecule has 0 aromatic carbocycles.